The first-order valence-corrected chi connectivity index (χ1v) is 4.48. The zero-order chi connectivity index (χ0) is 10.8. The molecular weight excluding hydrogens is 217 g/mol. The molecule has 1 aromatic carbocycles. The molecule has 0 saturated carbocycles. The molecule has 0 fully saturated rings. The Bertz CT molecular complexity index is 542. The number of aromatic nitrogens is 2. The van der Waals surface area contributed by atoms with E-state index in [1.165, 1.54) is 23.0 Å². The van der Waals surface area contributed by atoms with Crippen LogP contribution in [0.1, 0.15) is 5.56 Å². The fourth-order valence-corrected chi connectivity index (χ4v) is 1.37. The van der Waals surface area contributed by atoms with E-state index < -0.39 is 5.82 Å². The van der Waals surface area contributed by atoms with Crippen molar-refractivity contribution in [2.75, 3.05) is 0 Å². The summed E-state index contributed by atoms with van der Waals surface area (Å²) in [5.74, 6) is -0.450. The number of hydrogen-bond donors (Lipinski definition) is 0. The molecule has 0 spiro atoms. The van der Waals surface area contributed by atoms with E-state index in [0.29, 0.717) is 10.7 Å². The van der Waals surface area contributed by atoms with Crippen molar-refractivity contribution < 1.29 is 4.39 Å². The Morgan fingerprint density at radius 1 is 1.47 bits per heavy atom. The van der Waals surface area contributed by atoms with E-state index in [2.05, 4.69) is 5.10 Å². The van der Waals surface area contributed by atoms with Crippen LogP contribution >= 0.6 is 11.6 Å². The van der Waals surface area contributed by atoms with Gasteiger partial charge in [-0.2, -0.15) is 10.4 Å². The molecule has 0 aliphatic rings. The van der Waals surface area contributed by atoms with Crippen molar-refractivity contribution in [1.82, 2.24) is 9.78 Å². The molecule has 15 heavy (non-hydrogen) atoms. The summed E-state index contributed by atoms with van der Waals surface area (Å²) in [6, 6.07) is 5.81. The van der Waals surface area contributed by atoms with Crippen LogP contribution in [0.3, 0.4) is 0 Å². The molecular formula is C10H5ClFN3. The van der Waals surface area contributed by atoms with Crippen LogP contribution in [0.15, 0.2) is 30.6 Å². The molecule has 2 aromatic rings. The topological polar surface area (TPSA) is 41.6 Å². The Hall–Kier alpha value is -1.86. The summed E-state index contributed by atoms with van der Waals surface area (Å²) in [5.41, 5.74) is 0.723. The Kier molecular flexibility index (Phi) is 2.40. The largest absolute Gasteiger partial charge is 0.238 e. The second-order valence-electron chi connectivity index (χ2n) is 2.88. The molecule has 5 heteroatoms. The first-order chi connectivity index (χ1) is 7.20. The molecule has 3 nitrogen and oxygen atoms in total. The van der Waals surface area contributed by atoms with Gasteiger partial charge < -0.3 is 0 Å². The average Bonchev–Trinajstić information content (AvgIpc) is 2.64. The number of halogens is 2. The van der Waals surface area contributed by atoms with Gasteiger partial charge in [-0.15, -0.1) is 0 Å². The Labute approximate surface area is 90.3 Å². The van der Waals surface area contributed by atoms with E-state index >= 15 is 0 Å². The number of nitriles is 1. The van der Waals surface area contributed by atoms with Gasteiger partial charge in [-0.3, -0.25) is 0 Å². The molecule has 74 valence electrons. The molecule has 0 unspecified atom stereocenters. The van der Waals surface area contributed by atoms with E-state index in [1.807, 2.05) is 6.07 Å². The third-order valence-electron chi connectivity index (χ3n) is 1.88. The van der Waals surface area contributed by atoms with Gasteiger partial charge in [0.1, 0.15) is 11.9 Å². The van der Waals surface area contributed by atoms with Gasteiger partial charge in [0.15, 0.2) is 0 Å². The molecule has 0 bridgehead atoms. The van der Waals surface area contributed by atoms with Gasteiger partial charge >= 0.3 is 0 Å². The SMILES string of the molecule is N#Cc1cc(F)ccc1-n1cc(Cl)cn1. The molecule has 0 amide bonds. The van der Waals surface area contributed by atoms with Crippen LogP contribution in [0.4, 0.5) is 4.39 Å². The number of nitrogens with zero attached hydrogens (tertiary/aromatic N) is 3. The van der Waals surface area contributed by atoms with E-state index in [9.17, 15) is 4.39 Å². The highest BCUT2D eigenvalue weighted by molar-refractivity contribution is 6.30. The average molecular weight is 222 g/mol. The number of benzene rings is 1. The molecule has 0 N–H and O–H groups in total. The zero-order valence-electron chi connectivity index (χ0n) is 7.48. The third-order valence-corrected chi connectivity index (χ3v) is 2.07. The quantitative estimate of drug-likeness (QED) is 0.743. The molecule has 0 atom stereocenters. The fraction of sp³-hybridized carbons (Fsp3) is 0. The standard InChI is InChI=1S/C10H5ClFN3/c11-8-5-14-15(6-8)10-2-1-9(12)3-7(10)4-13/h1-3,5-6H. The second kappa shape index (κ2) is 3.71. The van der Waals surface area contributed by atoms with Gasteiger partial charge in [0.25, 0.3) is 0 Å². The van der Waals surface area contributed by atoms with Crippen molar-refractivity contribution in [3.8, 4) is 11.8 Å². The first kappa shape index (κ1) is 9.69. The van der Waals surface area contributed by atoms with Crippen LogP contribution in [0.5, 0.6) is 0 Å². The van der Waals surface area contributed by atoms with Gasteiger partial charge in [0.05, 0.1) is 22.5 Å². The van der Waals surface area contributed by atoms with Crippen molar-refractivity contribution in [2.45, 2.75) is 0 Å². The van der Waals surface area contributed by atoms with Crippen molar-refractivity contribution in [1.29, 1.82) is 5.26 Å². The maximum absolute atomic E-state index is 12.8. The molecule has 1 aromatic heterocycles. The summed E-state index contributed by atoms with van der Waals surface area (Å²) in [5, 5.41) is 13.2. The van der Waals surface area contributed by atoms with Crippen LogP contribution < -0.4 is 0 Å². The highest BCUT2D eigenvalue weighted by atomic mass is 35.5. The van der Waals surface area contributed by atoms with Crippen LogP contribution in [0.25, 0.3) is 5.69 Å². The summed E-state index contributed by atoms with van der Waals surface area (Å²) < 4.78 is 14.3. The molecule has 2 rings (SSSR count). The number of hydrogen-bond acceptors (Lipinski definition) is 2. The fourth-order valence-electron chi connectivity index (χ4n) is 1.23. The number of rotatable bonds is 1. The van der Waals surface area contributed by atoms with Gasteiger partial charge in [-0.1, -0.05) is 11.6 Å². The van der Waals surface area contributed by atoms with E-state index in [-0.39, 0.29) is 5.56 Å². The van der Waals surface area contributed by atoms with Gasteiger partial charge in [-0.25, -0.2) is 9.07 Å². The lowest BCUT2D eigenvalue weighted by Gasteiger charge is -2.02. The first-order valence-electron chi connectivity index (χ1n) is 4.11. The summed E-state index contributed by atoms with van der Waals surface area (Å²) in [6.07, 6.45) is 3.00. The van der Waals surface area contributed by atoms with Gasteiger partial charge in [0.2, 0.25) is 0 Å². The monoisotopic (exact) mass is 221 g/mol. The third kappa shape index (κ3) is 1.83. The predicted molar refractivity (Wildman–Crippen MR) is 53.2 cm³/mol. The molecule has 0 aliphatic heterocycles. The minimum Gasteiger partial charge on any atom is -0.238 e. The Balaban J connectivity index is 2.58. The maximum atomic E-state index is 12.8. The maximum Gasteiger partial charge on any atom is 0.124 e. The van der Waals surface area contributed by atoms with Crippen molar-refractivity contribution in [3.05, 3.63) is 47.0 Å². The summed E-state index contributed by atoms with van der Waals surface area (Å²) >= 11 is 5.70. The van der Waals surface area contributed by atoms with Gasteiger partial charge in [0, 0.05) is 6.20 Å². The van der Waals surface area contributed by atoms with Crippen LogP contribution in [0, 0.1) is 17.1 Å². The van der Waals surface area contributed by atoms with E-state index in [4.69, 9.17) is 16.9 Å². The predicted octanol–water partition coefficient (Wildman–Crippen LogP) is 2.54. The van der Waals surface area contributed by atoms with Crippen molar-refractivity contribution in [2.24, 2.45) is 0 Å². The molecule has 0 saturated heterocycles. The minimum absolute atomic E-state index is 0.217. The lowest BCUT2D eigenvalue weighted by molar-refractivity contribution is 0.626. The highest BCUT2D eigenvalue weighted by Gasteiger charge is 2.06. The minimum atomic E-state index is -0.450. The van der Waals surface area contributed by atoms with Crippen LogP contribution in [-0.2, 0) is 0 Å². The van der Waals surface area contributed by atoms with Crippen LogP contribution in [-0.4, -0.2) is 9.78 Å². The summed E-state index contributed by atoms with van der Waals surface area (Å²) in [7, 11) is 0. The summed E-state index contributed by atoms with van der Waals surface area (Å²) in [6.45, 7) is 0. The molecule has 1 heterocycles. The smallest absolute Gasteiger partial charge is 0.124 e. The van der Waals surface area contributed by atoms with E-state index in [0.717, 1.165) is 6.07 Å². The normalized spacial score (nSPS) is 9.93. The molecule has 0 radical (unpaired) electrons. The van der Waals surface area contributed by atoms with Crippen molar-refractivity contribution >= 4 is 11.6 Å². The lowest BCUT2D eigenvalue weighted by atomic mass is 10.2. The van der Waals surface area contributed by atoms with E-state index in [1.54, 1.807) is 6.20 Å². The van der Waals surface area contributed by atoms with Crippen LogP contribution in [0.2, 0.25) is 5.02 Å². The lowest BCUT2D eigenvalue weighted by Crippen LogP contribution is -1.98. The zero-order valence-corrected chi connectivity index (χ0v) is 8.24. The van der Waals surface area contributed by atoms with Crippen molar-refractivity contribution in [3.63, 3.8) is 0 Å². The molecule has 0 aliphatic carbocycles. The summed E-state index contributed by atoms with van der Waals surface area (Å²) in [4.78, 5) is 0. The van der Waals surface area contributed by atoms with Gasteiger partial charge in [-0.05, 0) is 18.2 Å². The second-order valence-corrected chi connectivity index (χ2v) is 3.31. The Morgan fingerprint density at radius 3 is 2.87 bits per heavy atom. The highest BCUT2D eigenvalue weighted by Crippen LogP contribution is 2.16. The Morgan fingerprint density at radius 2 is 2.27 bits per heavy atom.